The number of H-pyrrole nitrogens is 1. The minimum Gasteiger partial charge on any atom is -0.367 e. The van der Waals surface area contributed by atoms with Crippen LogP contribution >= 0.6 is 0 Å². The molecule has 6 heteroatoms. The summed E-state index contributed by atoms with van der Waals surface area (Å²) in [5.41, 5.74) is 1.98. The minimum atomic E-state index is -0.199. The smallest absolute Gasteiger partial charge is 0.251 e. The summed E-state index contributed by atoms with van der Waals surface area (Å²) >= 11 is 0. The Balaban J connectivity index is 1.71. The van der Waals surface area contributed by atoms with Gasteiger partial charge in [-0.1, -0.05) is 25.1 Å². The third kappa shape index (κ3) is 4.33. The van der Waals surface area contributed by atoms with Gasteiger partial charge in [0.15, 0.2) is 0 Å². The van der Waals surface area contributed by atoms with E-state index in [0.29, 0.717) is 30.0 Å². The van der Waals surface area contributed by atoms with Gasteiger partial charge in [0.1, 0.15) is 17.5 Å². The molecule has 3 rings (SSSR count). The molecule has 0 amide bonds. The molecule has 5 nitrogen and oxygen atoms in total. The Morgan fingerprint density at radius 3 is 2.73 bits per heavy atom. The van der Waals surface area contributed by atoms with Crippen molar-refractivity contribution in [2.45, 2.75) is 32.7 Å². The highest BCUT2D eigenvalue weighted by Crippen LogP contribution is 2.16. The van der Waals surface area contributed by atoms with Crippen LogP contribution in [0.25, 0.3) is 11.4 Å². The molecule has 0 fully saturated rings. The fourth-order valence-corrected chi connectivity index (χ4v) is 2.74. The Morgan fingerprint density at radius 2 is 2.04 bits per heavy atom. The van der Waals surface area contributed by atoms with E-state index in [1.54, 1.807) is 18.3 Å². The van der Waals surface area contributed by atoms with E-state index in [-0.39, 0.29) is 17.4 Å². The zero-order chi connectivity index (χ0) is 18.5. The maximum atomic E-state index is 13.7. The highest BCUT2D eigenvalue weighted by atomic mass is 19.1. The van der Waals surface area contributed by atoms with Crippen molar-refractivity contribution in [3.05, 3.63) is 76.1 Å². The monoisotopic (exact) mass is 352 g/mol. The Kier molecular flexibility index (Phi) is 5.41. The molecule has 2 N–H and O–H groups in total. The Bertz CT molecular complexity index is 937. The molecule has 0 bridgehead atoms. The van der Waals surface area contributed by atoms with E-state index in [0.717, 1.165) is 11.3 Å². The second-order valence-corrected chi connectivity index (χ2v) is 6.21. The Hall–Kier alpha value is -3.02. The fraction of sp³-hybridized carbons (Fsp3) is 0.250. The Labute approximate surface area is 151 Å². The van der Waals surface area contributed by atoms with Crippen molar-refractivity contribution in [3.63, 3.8) is 0 Å². The number of anilines is 1. The molecule has 0 aliphatic carbocycles. The van der Waals surface area contributed by atoms with E-state index >= 15 is 0 Å². The van der Waals surface area contributed by atoms with Crippen LogP contribution in [0.3, 0.4) is 0 Å². The van der Waals surface area contributed by atoms with Crippen molar-refractivity contribution < 1.29 is 4.39 Å². The highest BCUT2D eigenvalue weighted by Gasteiger charge is 2.09. The van der Waals surface area contributed by atoms with E-state index in [4.69, 9.17) is 0 Å². The number of halogens is 1. The maximum absolute atomic E-state index is 13.7. The summed E-state index contributed by atoms with van der Waals surface area (Å²) in [6.07, 6.45) is 2.91. The van der Waals surface area contributed by atoms with Crippen molar-refractivity contribution >= 4 is 5.82 Å². The summed E-state index contributed by atoms with van der Waals surface area (Å²) < 4.78 is 13.7. The standard InChI is InChI=1S/C20H21FN4O/c1-3-16-11-19(26)25-20(24-16)15-8-9-18(22-12-15)23-13(2)10-14-6-4-5-7-17(14)21/h4-9,11-13H,3,10H2,1-2H3,(H,22,23)(H,24,25,26). The normalized spacial score (nSPS) is 12.0. The van der Waals surface area contributed by atoms with Crippen LogP contribution in [0.2, 0.25) is 0 Å². The summed E-state index contributed by atoms with van der Waals surface area (Å²) in [6.45, 7) is 3.93. The number of benzene rings is 1. The van der Waals surface area contributed by atoms with Gasteiger partial charge in [0, 0.05) is 29.6 Å². The average Bonchev–Trinajstić information content (AvgIpc) is 2.63. The minimum absolute atomic E-state index is 0.0200. The lowest BCUT2D eigenvalue weighted by atomic mass is 10.1. The molecule has 1 aromatic carbocycles. The van der Waals surface area contributed by atoms with E-state index in [1.807, 2.05) is 32.0 Å². The number of hydrogen-bond acceptors (Lipinski definition) is 4. The third-order valence-corrected chi connectivity index (χ3v) is 4.07. The first-order chi connectivity index (χ1) is 12.5. The van der Waals surface area contributed by atoms with Crippen molar-refractivity contribution in [3.8, 4) is 11.4 Å². The van der Waals surface area contributed by atoms with Crippen LogP contribution in [0, 0.1) is 5.82 Å². The molecule has 0 radical (unpaired) electrons. The van der Waals surface area contributed by atoms with Gasteiger partial charge in [-0.2, -0.15) is 0 Å². The lowest BCUT2D eigenvalue weighted by Gasteiger charge is -2.15. The second kappa shape index (κ2) is 7.91. The molecule has 2 heterocycles. The van der Waals surface area contributed by atoms with Gasteiger partial charge in [0.25, 0.3) is 5.56 Å². The summed E-state index contributed by atoms with van der Waals surface area (Å²) in [5, 5.41) is 3.26. The number of aryl methyl sites for hydroxylation is 1. The summed E-state index contributed by atoms with van der Waals surface area (Å²) in [4.78, 5) is 23.2. The summed E-state index contributed by atoms with van der Waals surface area (Å²) in [7, 11) is 0. The first-order valence-corrected chi connectivity index (χ1v) is 8.61. The fourth-order valence-electron chi connectivity index (χ4n) is 2.74. The predicted molar refractivity (Wildman–Crippen MR) is 101 cm³/mol. The van der Waals surface area contributed by atoms with Gasteiger partial charge < -0.3 is 10.3 Å². The first-order valence-electron chi connectivity index (χ1n) is 8.61. The quantitative estimate of drug-likeness (QED) is 0.711. The number of aromatic nitrogens is 3. The first kappa shape index (κ1) is 17.8. The number of rotatable bonds is 6. The third-order valence-electron chi connectivity index (χ3n) is 4.07. The van der Waals surface area contributed by atoms with Crippen LogP contribution in [0.5, 0.6) is 0 Å². The van der Waals surface area contributed by atoms with Gasteiger partial charge in [-0.05, 0) is 43.5 Å². The van der Waals surface area contributed by atoms with E-state index < -0.39 is 0 Å². The lowest BCUT2D eigenvalue weighted by Crippen LogP contribution is -2.19. The second-order valence-electron chi connectivity index (χ2n) is 6.21. The van der Waals surface area contributed by atoms with Gasteiger partial charge >= 0.3 is 0 Å². The van der Waals surface area contributed by atoms with Crippen LogP contribution in [0.15, 0.2) is 53.5 Å². The van der Waals surface area contributed by atoms with E-state index in [2.05, 4.69) is 20.3 Å². The van der Waals surface area contributed by atoms with Crippen LogP contribution in [0.1, 0.15) is 25.1 Å². The van der Waals surface area contributed by atoms with Crippen LogP contribution in [-0.2, 0) is 12.8 Å². The van der Waals surface area contributed by atoms with E-state index in [9.17, 15) is 9.18 Å². The molecular weight excluding hydrogens is 331 g/mol. The summed E-state index contributed by atoms with van der Waals surface area (Å²) in [5.74, 6) is 0.995. The molecule has 0 aliphatic heterocycles. The zero-order valence-corrected chi connectivity index (χ0v) is 14.8. The molecule has 26 heavy (non-hydrogen) atoms. The number of pyridine rings is 1. The van der Waals surface area contributed by atoms with Gasteiger partial charge in [0.05, 0.1) is 0 Å². The van der Waals surface area contributed by atoms with Gasteiger partial charge in [-0.15, -0.1) is 0 Å². The number of nitrogens with zero attached hydrogens (tertiary/aromatic N) is 2. The van der Waals surface area contributed by atoms with Crippen molar-refractivity contribution in [2.75, 3.05) is 5.32 Å². The molecule has 1 unspecified atom stereocenters. The van der Waals surface area contributed by atoms with Gasteiger partial charge in [-0.3, -0.25) is 4.79 Å². The molecule has 3 aromatic rings. The average molecular weight is 352 g/mol. The number of aromatic amines is 1. The number of hydrogen-bond donors (Lipinski definition) is 2. The van der Waals surface area contributed by atoms with Crippen molar-refractivity contribution in [2.24, 2.45) is 0 Å². The Morgan fingerprint density at radius 1 is 1.23 bits per heavy atom. The molecule has 0 saturated carbocycles. The number of nitrogens with one attached hydrogen (secondary N) is 2. The van der Waals surface area contributed by atoms with Crippen molar-refractivity contribution in [1.29, 1.82) is 0 Å². The predicted octanol–water partition coefficient (Wildman–Crippen LogP) is 3.58. The van der Waals surface area contributed by atoms with Gasteiger partial charge in [-0.25, -0.2) is 14.4 Å². The SMILES string of the molecule is CCc1cc(=O)[nH]c(-c2ccc(NC(C)Cc3ccccc3F)nc2)n1. The summed E-state index contributed by atoms with van der Waals surface area (Å²) in [6, 6.07) is 12.0. The molecule has 0 spiro atoms. The zero-order valence-electron chi connectivity index (χ0n) is 14.8. The van der Waals surface area contributed by atoms with Gasteiger partial charge in [0.2, 0.25) is 0 Å². The molecule has 1 atom stereocenters. The lowest BCUT2D eigenvalue weighted by molar-refractivity contribution is 0.601. The van der Waals surface area contributed by atoms with Crippen LogP contribution < -0.4 is 10.9 Å². The molecule has 134 valence electrons. The topological polar surface area (TPSA) is 70.7 Å². The largest absolute Gasteiger partial charge is 0.367 e. The maximum Gasteiger partial charge on any atom is 0.251 e. The highest BCUT2D eigenvalue weighted by molar-refractivity contribution is 5.56. The van der Waals surface area contributed by atoms with Crippen molar-refractivity contribution in [1.82, 2.24) is 15.0 Å². The van der Waals surface area contributed by atoms with E-state index in [1.165, 1.54) is 12.1 Å². The molecule has 0 saturated heterocycles. The molecular formula is C20H21FN4O. The van der Waals surface area contributed by atoms with Crippen LogP contribution in [-0.4, -0.2) is 21.0 Å². The molecule has 0 aliphatic rings. The molecule has 2 aromatic heterocycles. The van der Waals surface area contributed by atoms with Crippen LogP contribution in [0.4, 0.5) is 10.2 Å².